The molecule has 18 heavy (non-hydrogen) atoms. The predicted octanol–water partition coefficient (Wildman–Crippen LogP) is 3.09. The van der Waals surface area contributed by atoms with Crippen molar-refractivity contribution in [3.8, 4) is 0 Å². The van der Waals surface area contributed by atoms with Crippen LogP contribution in [0.15, 0.2) is 30.3 Å². The zero-order valence-electron chi connectivity index (χ0n) is 11.6. The van der Waals surface area contributed by atoms with Gasteiger partial charge in [-0.3, -0.25) is 0 Å². The highest BCUT2D eigenvalue weighted by molar-refractivity contribution is 5.85. The van der Waals surface area contributed by atoms with Crippen molar-refractivity contribution in [2.45, 2.75) is 51.3 Å². The van der Waals surface area contributed by atoms with Gasteiger partial charge in [0.1, 0.15) is 5.60 Å². The minimum Gasteiger partial charge on any atom is -0.383 e. The SMILES string of the molecule is CC1CC(C)C(O)(c2ccccc2)C(C)(C)N1.Cl. The number of halogens is 1. The summed E-state index contributed by atoms with van der Waals surface area (Å²) in [6.45, 7) is 8.51. The summed E-state index contributed by atoms with van der Waals surface area (Å²) < 4.78 is 0. The largest absolute Gasteiger partial charge is 0.383 e. The maximum Gasteiger partial charge on any atom is 0.110 e. The topological polar surface area (TPSA) is 32.3 Å². The first kappa shape index (κ1) is 15.5. The number of benzene rings is 1. The lowest BCUT2D eigenvalue weighted by atomic mass is 9.65. The van der Waals surface area contributed by atoms with Gasteiger partial charge in [0.05, 0.1) is 0 Å². The Morgan fingerprint density at radius 3 is 2.22 bits per heavy atom. The van der Waals surface area contributed by atoms with E-state index in [9.17, 15) is 5.11 Å². The van der Waals surface area contributed by atoms with Gasteiger partial charge in [-0.2, -0.15) is 0 Å². The Bertz CT molecular complexity index is 393. The highest BCUT2D eigenvalue weighted by Gasteiger charge is 2.52. The monoisotopic (exact) mass is 269 g/mol. The zero-order valence-corrected chi connectivity index (χ0v) is 12.4. The first-order chi connectivity index (χ1) is 7.88. The Morgan fingerprint density at radius 2 is 1.72 bits per heavy atom. The summed E-state index contributed by atoms with van der Waals surface area (Å²) in [5.41, 5.74) is -0.108. The molecule has 1 aromatic carbocycles. The Hall–Kier alpha value is -0.570. The van der Waals surface area contributed by atoms with E-state index in [2.05, 4.69) is 33.0 Å². The molecule has 2 rings (SSSR count). The molecule has 0 aliphatic carbocycles. The van der Waals surface area contributed by atoms with Gasteiger partial charge in [0, 0.05) is 11.6 Å². The quantitative estimate of drug-likeness (QED) is 0.821. The van der Waals surface area contributed by atoms with Crippen LogP contribution in [0, 0.1) is 5.92 Å². The van der Waals surface area contributed by atoms with Crippen LogP contribution in [0.5, 0.6) is 0 Å². The molecule has 3 heteroatoms. The Kier molecular flexibility index (Phi) is 4.47. The summed E-state index contributed by atoms with van der Waals surface area (Å²) in [5.74, 6) is 0.246. The van der Waals surface area contributed by atoms with Crippen molar-refractivity contribution < 1.29 is 5.11 Å². The summed E-state index contributed by atoms with van der Waals surface area (Å²) in [6.07, 6.45) is 0.995. The zero-order chi connectivity index (χ0) is 12.7. The minimum atomic E-state index is -0.805. The van der Waals surface area contributed by atoms with E-state index in [1.165, 1.54) is 0 Å². The second kappa shape index (κ2) is 5.20. The smallest absolute Gasteiger partial charge is 0.110 e. The first-order valence-corrected chi connectivity index (χ1v) is 6.43. The summed E-state index contributed by atoms with van der Waals surface area (Å²) in [4.78, 5) is 0. The van der Waals surface area contributed by atoms with Gasteiger partial charge in [-0.1, -0.05) is 37.3 Å². The maximum absolute atomic E-state index is 11.2. The number of piperidine rings is 1. The van der Waals surface area contributed by atoms with E-state index in [1.807, 2.05) is 30.3 Å². The fourth-order valence-corrected chi connectivity index (χ4v) is 3.44. The van der Waals surface area contributed by atoms with Gasteiger partial charge in [0.2, 0.25) is 0 Å². The molecule has 2 N–H and O–H groups in total. The standard InChI is InChI=1S/C15H23NO.ClH/c1-11-10-12(2)16-14(3,4)15(11,17)13-8-6-5-7-9-13;/h5-9,11-12,16-17H,10H2,1-4H3;1H. The van der Waals surface area contributed by atoms with Gasteiger partial charge >= 0.3 is 0 Å². The van der Waals surface area contributed by atoms with E-state index in [4.69, 9.17) is 0 Å². The van der Waals surface area contributed by atoms with E-state index >= 15 is 0 Å². The fourth-order valence-electron chi connectivity index (χ4n) is 3.44. The molecular weight excluding hydrogens is 246 g/mol. The third-order valence-electron chi connectivity index (χ3n) is 4.19. The lowest BCUT2D eigenvalue weighted by molar-refractivity contribution is -0.117. The molecule has 0 amide bonds. The molecule has 1 aromatic rings. The molecule has 0 spiro atoms. The Morgan fingerprint density at radius 1 is 1.17 bits per heavy atom. The molecule has 1 aliphatic rings. The summed E-state index contributed by atoms with van der Waals surface area (Å²) in [5, 5.41) is 14.7. The lowest BCUT2D eigenvalue weighted by Crippen LogP contribution is -2.66. The van der Waals surface area contributed by atoms with Crippen molar-refractivity contribution in [2.24, 2.45) is 5.92 Å². The first-order valence-electron chi connectivity index (χ1n) is 6.43. The van der Waals surface area contributed by atoms with Crippen molar-refractivity contribution in [3.05, 3.63) is 35.9 Å². The normalized spacial score (nSPS) is 34.7. The Balaban J connectivity index is 0.00000162. The molecule has 102 valence electrons. The number of hydrogen-bond acceptors (Lipinski definition) is 2. The van der Waals surface area contributed by atoms with Crippen molar-refractivity contribution in [2.75, 3.05) is 0 Å². The van der Waals surface area contributed by atoms with Crippen molar-refractivity contribution >= 4 is 12.4 Å². The molecule has 1 fully saturated rings. The van der Waals surface area contributed by atoms with Crippen LogP contribution in [0.2, 0.25) is 0 Å². The molecule has 0 radical (unpaired) electrons. The minimum absolute atomic E-state index is 0. The third-order valence-corrected chi connectivity index (χ3v) is 4.19. The van der Waals surface area contributed by atoms with Crippen LogP contribution in [0.25, 0.3) is 0 Å². The van der Waals surface area contributed by atoms with E-state index < -0.39 is 5.60 Å². The summed E-state index contributed by atoms with van der Waals surface area (Å²) >= 11 is 0. The number of nitrogens with one attached hydrogen (secondary N) is 1. The van der Waals surface area contributed by atoms with Crippen LogP contribution in [-0.4, -0.2) is 16.7 Å². The maximum atomic E-state index is 11.2. The van der Waals surface area contributed by atoms with Crippen LogP contribution >= 0.6 is 12.4 Å². The average molecular weight is 270 g/mol. The number of aliphatic hydroxyl groups is 1. The molecule has 1 heterocycles. The van der Waals surface area contributed by atoms with Crippen molar-refractivity contribution in [1.82, 2.24) is 5.32 Å². The van der Waals surface area contributed by atoms with Crippen LogP contribution < -0.4 is 5.32 Å². The lowest BCUT2D eigenvalue weighted by Gasteiger charge is -2.53. The van der Waals surface area contributed by atoms with Gasteiger partial charge in [0.15, 0.2) is 0 Å². The summed E-state index contributed by atoms with van der Waals surface area (Å²) in [6, 6.07) is 10.5. The van der Waals surface area contributed by atoms with Crippen molar-refractivity contribution in [1.29, 1.82) is 0 Å². The van der Waals surface area contributed by atoms with Gasteiger partial charge in [0.25, 0.3) is 0 Å². The van der Waals surface area contributed by atoms with E-state index in [1.54, 1.807) is 0 Å². The van der Waals surface area contributed by atoms with Gasteiger partial charge in [-0.05, 0) is 38.7 Å². The van der Waals surface area contributed by atoms with Crippen LogP contribution in [0.4, 0.5) is 0 Å². The number of hydrogen-bond donors (Lipinski definition) is 2. The molecular formula is C15H24ClNO. The fraction of sp³-hybridized carbons (Fsp3) is 0.600. The van der Waals surface area contributed by atoms with Crippen LogP contribution in [0.1, 0.15) is 39.7 Å². The molecule has 0 aromatic heterocycles. The van der Waals surface area contributed by atoms with Gasteiger partial charge in [-0.15, -0.1) is 12.4 Å². The summed E-state index contributed by atoms with van der Waals surface area (Å²) in [7, 11) is 0. The Labute approximate surface area is 116 Å². The van der Waals surface area contributed by atoms with Gasteiger partial charge < -0.3 is 10.4 Å². The van der Waals surface area contributed by atoms with Crippen LogP contribution in [0.3, 0.4) is 0 Å². The van der Waals surface area contributed by atoms with E-state index in [0.717, 1.165) is 12.0 Å². The molecule has 2 nitrogen and oxygen atoms in total. The number of rotatable bonds is 1. The molecule has 1 aliphatic heterocycles. The van der Waals surface area contributed by atoms with Gasteiger partial charge in [-0.25, -0.2) is 0 Å². The molecule has 0 bridgehead atoms. The van der Waals surface area contributed by atoms with E-state index in [-0.39, 0.29) is 23.9 Å². The second-order valence-corrected chi connectivity index (χ2v) is 5.94. The molecule has 0 saturated carbocycles. The third kappa shape index (κ3) is 2.29. The highest BCUT2D eigenvalue weighted by Crippen LogP contribution is 2.44. The molecule has 1 saturated heterocycles. The predicted molar refractivity (Wildman–Crippen MR) is 78.0 cm³/mol. The van der Waals surface area contributed by atoms with Crippen molar-refractivity contribution in [3.63, 3.8) is 0 Å². The molecule has 3 atom stereocenters. The second-order valence-electron chi connectivity index (χ2n) is 5.94. The van der Waals surface area contributed by atoms with E-state index in [0.29, 0.717) is 6.04 Å². The average Bonchev–Trinajstić information content (AvgIpc) is 2.26. The highest BCUT2D eigenvalue weighted by atomic mass is 35.5. The van der Waals surface area contributed by atoms with Crippen LogP contribution in [-0.2, 0) is 5.60 Å². The molecule has 3 unspecified atom stereocenters.